The van der Waals surface area contributed by atoms with Crippen molar-refractivity contribution in [2.75, 3.05) is 0 Å². The average Bonchev–Trinajstić information content (AvgIpc) is 1.89. The van der Waals surface area contributed by atoms with Gasteiger partial charge in [-0.2, -0.15) is 0 Å². The van der Waals surface area contributed by atoms with Crippen molar-refractivity contribution in [3.8, 4) is 0 Å². The van der Waals surface area contributed by atoms with Gasteiger partial charge >= 0.3 is 0 Å². The van der Waals surface area contributed by atoms with Gasteiger partial charge in [-0.05, 0) is 19.3 Å². The first kappa shape index (κ1) is 8.70. The van der Waals surface area contributed by atoms with Gasteiger partial charge in [-0.1, -0.05) is 26.0 Å². The fraction of sp³-hybridized carbons (Fsp3) is 0.750. The van der Waals surface area contributed by atoms with E-state index in [4.69, 9.17) is 0 Å². The molecule has 0 aromatic rings. The monoisotopic (exact) mass is 127 g/mol. The molecule has 1 unspecified atom stereocenters. The molecule has 0 N–H and O–H groups in total. The molecule has 0 fully saturated rings. The Balaban J connectivity index is 3.15. The molecule has 1 heteroatoms. The van der Waals surface area contributed by atoms with Crippen molar-refractivity contribution in [1.29, 1.82) is 0 Å². The van der Waals surface area contributed by atoms with Gasteiger partial charge < -0.3 is 0 Å². The molecule has 0 aliphatic rings. The second-order valence-corrected chi connectivity index (χ2v) is 2.15. The number of allylic oxidation sites excluding steroid dienone is 1. The molecule has 0 saturated heterocycles. The highest BCUT2D eigenvalue weighted by Gasteiger charge is 1.96. The van der Waals surface area contributed by atoms with Gasteiger partial charge in [0.15, 0.2) is 0 Å². The van der Waals surface area contributed by atoms with Crippen LogP contribution in [0.3, 0.4) is 0 Å². The van der Waals surface area contributed by atoms with Crippen LogP contribution in [0.15, 0.2) is 12.2 Å². The summed E-state index contributed by atoms with van der Waals surface area (Å²) in [6.07, 6.45) is 6.11. The summed E-state index contributed by atoms with van der Waals surface area (Å²) >= 11 is 0. The molecule has 0 amide bonds. The van der Waals surface area contributed by atoms with Gasteiger partial charge in [0.2, 0.25) is 0 Å². The van der Waals surface area contributed by atoms with Gasteiger partial charge in [0.25, 0.3) is 0 Å². The van der Waals surface area contributed by atoms with Gasteiger partial charge in [0.05, 0.1) is 6.10 Å². The average molecular weight is 127 g/mol. The van der Waals surface area contributed by atoms with Gasteiger partial charge in [-0.25, -0.2) is 5.11 Å². The van der Waals surface area contributed by atoms with E-state index in [0.717, 1.165) is 12.8 Å². The molecule has 9 heavy (non-hydrogen) atoms. The predicted octanol–water partition coefficient (Wildman–Crippen LogP) is 2.55. The summed E-state index contributed by atoms with van der Waals surface area (Å²) in [6.45, 7) is 4.00. The van der Waals surface area contributed by atoms with E-state index in [1.165, 1.54) is 0 Å². The van der Waals surface area contributed by atoms with Crippen LogP contribution in [-0.4, -0.2) is 6.10 Å². The summed E-state index contributed by atoms with van der Waals surface area (Å²) in [5.74, 6) is 0. The van der Waals surface area contributed by atoms with E-state index >= 15 is 0 Å². The predicted molar refractivity (Wildman–Crippen MR) is 38.8 cm³/mol. The molecule has 1 atom stereocenters. The zero-order valence-electron chi connectivity index (χ0n) is 6.26. The van der Waals surface area contributed by atoms with E-state index in [2.05, 4.69) is 6.92 Å². The molecular formula is C8H15O. The largest absolute Gasteiger partial charge is 0.233 e. The Morgan fingerprint density at radius 1 is 1.33 bits per heavy atom. The Kier molecular flexibility index (Phi) is 5.64. The highest BCUT2D eigenvalue weighted by Crippen LogP contribution is 1.98. The van der Waals surface area contributed by atoms with Crippen LogP contribution in [0.4, 0.5) is 0 Å². The third-order valence-corrected chi connectivity index (χ3v) is 1.26. The minimum Gasteiger partial charge on any atom is -0.233 e. The molecular weight excluding hydrogens is 112 g/mol. The van der Waals surface area contributed by atoms with Crippen LogP contribution in [0.25, 0.3) is 0 Å². The van der Waals surface area contributed by atoms with Crippen LogP contribution in [0.1, 0.15) is 33.1 Å². The first-order valence-corrected chi connectivity index (χ1v) is 3.62. The lowest BCUT2D eigenvalue weighted by molar-refractivity contribution is 0.0882. The van der Waals surface area contributed by atoms with Crippen molar-refractivity contribution in [3.05, 3.63) is 12.2 Å². The second kappa shape index (κ2) is 5.83. The summed E-state index contributed by atoms with van der Waals surface area (Å²) in [4.78, 5) is 0. The number of hydrogen-bond acceptors (Lipinski definition) is 0. The molecule has 1 radical (unpaired) electrons. The van der Waals surface area contributed by atoms with E-state index in [0.29, 0.717) is 6.42 Å². The molecule has 0 bridgehead atoms. The Morgan fingerprint density at radius 2 is 2.00 bits per heavy atom. The minimum absolute atomic E-state index is 0.382. The molecule has 53 valence electrons. The zero-order chi connectivity index (χ0) is 7.11. The first-order valence-electron chi connectivity index (χ1n) is 3.62. The molecule has 0 aromatic carbocycles. The maximum atomic E-state index is 10.7. The number of hydrogen-bond donors (Lipinski definition) is 0. The molecule has 0 rings (SSSR count). The molecule has 0 aliphatic heterocycles. The van der Waals surface area contributed by atoms with Gasteiger partial charge in [0.1, 0.15) is 0 Å². The van der Waals surface area contributed by atoms with Gasteiger partial charge in [0, 0.05) is 0 Å². The van der Waals surface area contributed by atoms with Crippen LogP contribution < -0.4 is 0 Å². The summed E-state index contributed by atoms with van der Waals surface area (Å²) in [5.41, 5.74) is 0. The topological polar surface area (TPSA) is 19.9 Å². The summed E-state index contributed by atoms with van der Waals surface area (Å²) in [7, 11) is 0. The third kappa shape index (κ3) is 5.57. The molecule has 0 aliphatic carbocycles. The van der Waals surface area contributed by atoms with Crippen LogP contribution in [0, 0.1) is 0 Å². The summed E-state index contributed by atoms with van der Waals surface area (Å²) in [6, 6.07) is 0. The second-order valence-electron chi connectivity index (χ2n) is 2.15. The van der Waals surface area contributed by atoms with Crippen LogP contribution in [0.5, 0.6) is 0 Å². The normalized spacial score (nSPS) is 14.6. The maximum absolute atomic E-state index is 10.7. The standard InChI is InChI=1S/C8H15O/c1-3-5-6-7-8(9)4-2/h5-6,8H,3-4,7H2,1-2H3. The van der Waals surface area contributed by atoms with E-state index in [-0.39, 0.29) is 6.10 Å². The molecule has 0 aromatic heterocycles. The van der Waals surface area contributed by atoms with Crippen molar-refractivity contribution < 1.29 is 5.11 Å². The van der Waals surface area contributed by atoms with Crippen LogP contribution in [-0.2, 0) is 5.11 Å². The molecule has 0 heterocycles. The van der Waals surface area contributed by atoms with E-state index in [1.54, 1.807) is 0 Å². The van der Waals surface area contributed by atoms with E-state index < -0.39 is 0 Å². The molecule has 1 nitrogen and oxygen atoms in total. The molecule has 0 spiro atoms. The Morgan fingerprint density at radius 3 is 2.44 bits per heavy atom. The minimum atomic E-state index is -0.382. The highest BCUT2D eigenvalue weighted by atomic mass is 16.3. The van der Waals surface area contributed by atoms with E-state index in [1.807, 2.05) is 19.1 Å². The van der Waals surface area contributed by atoms with Crippen molar-refractivity contribution >= 4 is 0 Å². The van der Waals surface area contributed by atoms with Crippen LogP contribution >= 0.6 is 0 Å². The highest BCUT2D eigenvalue weighted by molar-refractivity contribution is 4.82. The van der Waals surface area contributed by atoms with Gasteiger partial charge in [-0.3, -0.25) is 0 Å². The van der Waals surface area contributed by atoms with Crippen molar-refractivity contribution in [1.82, 2.24) is 0 Å². The SMILES string of the molecule is CCC=CCC([O])CC. The fourth-order valence-electron chi connectivity index (χ4n) is 0.581. The smallest absolute Gasteiger partial charge is 0.0961 e. The van der Waals surface area contributed by atoms with Gasteiger partial charge in [-0.15, -0.1) is 0 Å². The Hall–Kier alpha value is -0.300. The third-order valence-electron chi connectivity index (χ3n) is 1.26. The first-order chi connectivity index (χ1) is 4.31. The quantitative estimate of drug-likeness (QED) is 0.517. The lowest BCUT2D eigenvalue weighted by atomic mass is 10.2. The maximum Gasteiger partial charge on any atom is 0.0961 e. The molecule has 0 saturated carbocycles. The van der Waals surface area contributed by atoms with Crippen LogP contribution in [0.2, 0.25) is 0 Å². The lowest BCUT2D eigenvalue weighted by Crippen LogP contribution is -1.98. The zero-order valence-corrected chi connectivity index (χ0v) is 6.26. The van der Waals surface area contributed by atoms with Crippen molar-refractivity contribution in [2.24, 2.45) is 0 Å². The fourth-order valence-corrected chi connectivity index (χ4v) is 0.581. The Labute approximate surface area is 57.4 Å². The Bertz CT molecular complexity index is 76.6. The number of rotatable bonds is 4. The lowest BCUT2D eigenvalue weighted by Gasteiger charge is -1.97. The summed E-state index contributed by atoms with van der Waals surface area (Å²) in [5, 5.41) is 10.7. The van der Waals surface area contributed by atoms with Crippen molar-refractivity contribution in [2.45, 2.75) is 39.2 Å². The van der Waals surface area contributed by atoms with Crippen molar-refractivity contribution in [3.63, 3.8) is 0 Å². The van der Waals surface area contributed by atoms with E-state index in [9.17, 15) is 5.11 Å². The summed E-state index contributed by atoms with van der Waals surface area (Å²) < 4.78 is 0.